The molecule has 15 heavy (non-hydrogen) atoms. The molecule has 0 unspecified atom stereocenters. The summed E-state index contributed by atoms with van der Waals surface area (Å²) in [5.74, 6) is 0.0793. The van der Waals surface area contributed by atoms with E-state index in [1.807, 2.05) is 14.1 Å². The van der Waals surface area contributed by atoms with Gasteiger partial charge in [-0.05, 0) is 34.8 Å². The average Bonchev–Trinajstić information content (AvgIpc) is 2.50. The summed E-state index contributed by atoms with van der Waals surface area (Å²) in [6, 6.07) is 2.11. The number of amides is 1. The molecular weight excluding hydrogens is 276 g/mol. The van der Waals surface area contributed by atoms with E-state index >= 15 is 0 Å². The first-order valence-electron chi connectivity index (χ1n) is 4.77. The van der Waals surface area contributed by atoms with E-state index in [1.54, 1.807) is 16.3 Å². The van der Waals surface area contributed by atoms with Crippen molar-refractivity contribution in [1.82, 2.24) is 10.4 Å². The fraction of sp³-hybridized carbons (Fsp3) is 0.500. The Morgan fingerprint density at radius 1 is 1.60 bits per heavy atom. The first-order chi connectivity index (χ1) is 7.08. The SMILES string of the molecule is CN(C)NC(=O)CCCc1cc(Br)cs1. The number of hydrogen-bond acceptors (Lipinski definition) is 3. The van der Waals surface area contributed by atoms with Gasteiger partial charge in [0.25, 0.3) is 0 Å². The maximum absolute atomic E-state index is 11.3. The number of nitrogens with zero attached hydrogens (tertiary/aromatic N) is 1. The van der Waals surface area contributed by atoms with E-state index in [4.69, 9.17) is 0 Å². The topological polar surface area (TPSA) is 32.3 Å². The number of carbonyl (C=O) groups excluding carboxylic acids is 1. The van der Waals surface area contributed by atoms with Crippen molar-refractivity contribution in [2.45, 2.75) is 19.3 Å². The van der Waals surface area contributed by atoms with Crippen molar-refractivity contribution < 1.29 is 4.79 Å². The number of hydrazine groups is 1. The number of carbonyl (C=O) groups is 1. The predicted octanol–water partition coefficient (Wildman–Crippen LogP) is 2.43. The van der Waals surface area contributed by atoms with Gasteiger partial charge in [0.2, 0.25) is 5.91 Å². The molecule has 1 aromatic rings. The first-order valence-corrected chi connectivity index (χ1v) is 6.45. The van der Waals surface area contributed by atoms with Crippen molar-refractivity contribution in [1.29, 1.82) is 0 Å². The molecule has 0 bridgehead atoms. The smallest absolute Gasteiger partial charge is 0.234 e. The third-order valence-corrected chi connectivity index (χ3v) is 3.55. The van der Waals surface area contributed by atoms with Gasteiger partial charge >= 0.3 is 0 Å². The summed E-state index contributed by atoms with van der Waals surface area (Å²) >= 11 is 5.14. The van der Waals surface area contributed by atoms with E-state index in [1.165, 1.54) is 4.88 Å². The molecule has 5 heteroatoms. The highest BCUT2D eigenvalue weighted by Gasteiger charge is 2.03. The molecule has 1 amide bonds. The Labute approximate surface area is 103 Å². The largest absolute Gasteiger partial charge is 0.289 e. The summed E-state index contributed by atoms with van der Waals surface area (Å²) in [4.78, 5) is 12.6. The summed E-state index contributed by atoms with van der Waals surface area (Å²) in [6.07, 6.45) is 2.44. The zero-order valence-corrected chi connectivity index (χ0v) is 11.3. The average molecular weight is 291 g/mol. The monoisotopic (exact) mass is 290 g/mol. The van der Waals surface area contributed by atoms with Crippen molar-refractivity contribution in [2.24, 2.45) is 0 Å². The first kappa shape index (κ1) is 12.7. The van der Waals surface area contributed by atoms with Crippen molar-refractivity contribution in [3.63, 3.8) is 0 Å². The lowest BCUT2D eigenvalue weighted by atomic mass is 10.2. The molecule has 1 heterocycles. The fourth-order valence-corrected chi connectivity index (χ4v) is 2.71. The van der Waals surface area contributed by atoms with Crippen LogP contribution in [0.15, 0.2) is 15.9 Å². The minimum Gasteiger partial charge on any atom is -0.289 e. The van der Waals surface area contributed by atoms with Gasteiger partial charge in [0, 0.05) is 35.2 Å². The Bertz CT molecular complexity index is 325. The van der Waals surface area contributed by atoms with Gasteiger partial charge in [-0.2, -0.15) is 0 Å². The van der Waals surface area contributed by atoms with Crippen LogP contribution in [0.2, 0.25) is 0 Å². The van der Waals surface area contributed by atoms with Gasteiger partial charge in [0.05, 0.1) is 0 Å². The Morgan fingerprint density at radius 3 is 2.87 bits per heavy atom. The van der Waals surface area contributed by atoms with Crippen LogP contribution in [0.1, 0.15) is 17.7 Å². The van der Waals surface area contributed by atoms with Crippen LogP contribution in [0.4, 0.5) is 0 Å². The molecule has 0 aliphatic heterocycles. The lowest BCUT2D eigenvalue weighted by Gasteiger charge is -2.11. The van der Waals surface area contributed by atoms with Crippen LogP contribution in [0, 0.1) is 0 Å². The molecule has 1 rings (SSSR count). The van der Waals surface area contributed by atoms with E-state index < -0.39 is 0 Å². The maximum atomic E-state index is 11.3. The second kappa shape index (κ2) is 6.25. The van der Waals surface area contributed by atoms with E-state index in [9.17, 15) is 4.79 Å². The molecule has 3 nitrogen and oxygen atoms in total. The van der Waals surface area contributed by atoms with Gasteiger partial charge < -0.3 is 0 Å². The van der Waals surface area contributed by atoms with Gasteiger partial charge in [-0.3, -0.25) is 10.2 Å². The zero-order valence-electron chi connectivity index (χ0n) is 8.92. The number of halogens is 1. The second-order valence-corrected chi connectivity index (χ2v) is 5.43. The number of aryl methyl sites for hydroxylation is 1. The standard InChI is InChI=1S/C10H15BrN2OS/c1-13(2)12-10(14)5-3-4-9-6-8(11)7-15-9/h6-7H,3-5H2,1-2H3,(H,12,14). The molecule has 0 spiro atoms. The molecule has 0 saturated carbocycles. The molecule has 0 atom stereocenters. The van der Waals surface area contributed by atoms with Crippen LogP contribution in [-0.4, -0.2) is 25.0 Å². The minimum absolute atomic E-state index is 0.0793. The van der Waals surface area contributed by atoms with Crippen molar-refractivity contribution in [3.8, 4) is 0 Å². The Balaban J connectivity index is 2.19. The van der Waals surface area contributed by atoms with Crippen LogP contribution < -0.4 is 5.43 Å². The number of thiophene rings is 1. The van der Waals surface area contributed by atoms with E-state index in [2.05, 4.69) is 32.8 Å². The van der Waals surface area contributed by atoms with Gasteiger partial charge in [-0.1, -0.05) is 0 Å². The summed E-state index contributed by atoms with van der Waals surface area (Å²) in [5, 5.41) is 3.74. The Kier molecular flexibility index (Phi) is 5.28. The lowest BCUT2D eigenvalue weighted by Crippen LogP contribution is -2.35. The van der Waals surface area contributed by atoms with Crippen LogP contribution in [0.25, 0.3) is 0 Å². The van der Waals surface area contributed by atoms with Gasteiger partial charge in [0.1, 0.15) is 0 Å². The third kappa shape index (κ3) is 5.30. The molecule has 0 fully saturated rings. The highest BCUT2D eigenvalue weighted by Crippen LogP contribution is 2.21. The molecule has 0 saturated heterocycles. The van der Waals surface area contributed by atoms with Crippen LogP contribution >= 0.6 is 27.3 Å². The van der Waals surface area contributed by atoms with E-state index in [-0.39, 0.29) is 5.91 Å². The quantitative estimate of drug-likeness (QED) is 0.845. The summed E-state index contributed by atoms with van der Waals surface area (Å²) in [6.45, 7) is 0. The maximum Gasteiger partial charge on any atom is 0.234 e. The zero-order chi connectivity index (χ0) is 11.3. The number of hydrogen-bond donors (Lipinski definition) is 1. The molecule has 0 radical (unpaired) electrons. The summed E-state index contributed by atoms with van der Waals surface area (Å²) < 4.78 is 1.13. The summed E-state index contributed by atoms with van der Waals surface area (Å²) in [5.41, 5.74) is 2.72. The van der Waals surface area contributed by atoms with E-state index in [0.29, 0.717) is 6.42 Å². The molecule has 1 aromatic heterocycles. The van der Waals surface area contributed by atoms with Crippen LogP contribution in [0.3, 0.4) is 0 Å². The highest BCUT2D eigenvalue weighted by atomic mass is 79.9. The molecule has 0 aliphatic carbocycles. The minimum atomic E-state index is 0.0793. The number of nitrogens with one attached hydrogen (secondary N) is 1. The third-order valence-electron chi connectivity index (χ3n) is 1.80. The molecule has 0 aromatic carbocycles. The van der Waals surface area contributed by atoms with Gasteiger partial charge in [0.15, 0.2) is 0 Å². The number of rotatable bonds is 5. The van der Waals surface area contributed by atoms with Crippen LogP contribution in [0.5, 0.6) is 0 Å². The summed E-state index contributed by atoms with van der Waals surface area (Å²) in [7, 11) is 3.63. The molecule has 84 valence electrons. The Morgan fingerprint density at radius 2 is 2.33 bits per heavy atom. The Hall–Kier alpha value is -0.390. The highest BCUT2D eigenvalue weighted by molar-refractivity contribution is 9.10. The van der Waals surface area contributed by atoms with Crippen LogP contribution in [-0.2, 0) is 11.2 Å². The molecule has 1 N–H and O–H groups in total. The molecular formula is C10H15BrN2OS. The van der Waals surface area contributed by atoms with Crippen molar-refractivity contribution in [2.75, 3.05) is 14.1 Å². The predicted molar refractivity (Wildman–Crippen MR) is 66.8 cm³/mol. The lowest BCUT2D eigenvalue weighted by molar-refractivity contribution is -0.124. The normalized spacial score (nSPS) is 10.7. The second-order valence-electron chi connectivity index (χ2n) is 3.51. The molecule has 0 aliphatic rings. The van der Waals surface area contributed by atoms with Crippen molar-refractivity contribution >= 4 is 33.2 Å². The van der Waals surface area contributed by atoms with Crippen molar-refractivity contribution in [3.05, 3.63) is 20.8 Å². The van der Waals surface area contributed by atoms with E-state index in [0.717, 1.165) is 17.3 Å². The van der Waals surface area contributed by atoms with Gasteiger partial charge in [-0.15, -0.1) is 11.3 Å². The fourth-order valence-electron chi connectivity index (χ4n) is 1.21. The van der Waals surface area contributed by atoms with Gasteiger partial charge in [-0.25, -0.2) is 5.01 Å².